The van der Waals surface area contributed by atoms with Crippen LogP contribution in [-0.4, -0.2) is 10.1 Å². The molecule has 0 saturated heterocycles. The van der Waals surface area contributed by atoms with Crippen LogP contribution in [0.25, 0.3) is 22.8 Å². The Bertz CT molecular complexity index is 747. The number of hydrogen-bond acceptors (Lipinski definition) is 4. The van der Waals surface area contributed by atoms with E-state index < -0.39 is 0 Å². The molecule has 0 bridgehead atoms. The fourth-order valence-corrected chi connectivity index (χ4v) is 2.60. The third kappa shape index (κ3) is 2.58. The van der Waals surface area contributed by atoms with E-state index in [0.717, 1.165) is 21.2 Å². The maximum Gasteiger partial charge on any atom is 0.258 e. The predicted octanol–water partition coefficient (Wildman–Crippen LogP) is 4.06. The lowest BCUT2D eigenvalue weighted by Gasteiger charge is -1.98. The van der Waals surface area contributed by atoms with Crippen molar-refractivity contribution in [2.24, 2.45) is 0 Å². The minimum atomic E-state index is 0.492. The first-order chi connectivity index (χ1) is 9.61. The van der Waals surface area contributed by atoms with Gasteiger partial charge in [-0.2, -0.15) is 4.98 Å². The summed E-state index contributed by atoms with van der Waals surface area (Å²) in [5.41, 5.74) is 9.29. The van der Waals surface area contributed by atoms with Crippen molar-refractivity contribution in [2.45, 2.75) is 6.92 Å². The molecule has 0 aliphatic heterocycles. The van der Waals surface area contributed by atoms with Crippen LogP contribution in [-0.2, 0) is 0 Å². The maximum atomic E-state index is 5.76. The number of benzene rings is 2. The molecule has 0 saturated carbocycles. The highest BCUT2D eigenvalue weighted by atomic mass is 79.9. The van der Waals surface area contributed by atoms with Crippen LogP contribution < -0.4 is 5.73 Å². The Morgan fingerprint density at radius 3 is 2.70 bits per heavy atom. The van der Waals surface area contributed by atoms with E-state index in [2.05, 4.69) is 26.1 Å². The van der Waals surface area contributed by atoms with Crippen LogP contribution in [0.4, 0.5) is 5.69 Å². The van der Waals surface area contributed by atoms with Crippen LogP contribution in [0.2, 0.25) is 0 Å². The normalized spacial score (nSPS) is 10.7. The zero-order valence-electron chi connectivity index (χ0n) is 10.8. The van der Waals surface area contributed by atoms with Gasteiger partial charge in [-0.15, -0.1) is 0 Å². The average Bonchev–Trinajstić information content (AvgIpc) is 2.87. The summed E-state index contributed by atoms with van der Waals surface area (Å²) >= 11 is 3.47. The number of hydrogen-bond donors (Lipinski definition) is 1. The molecule has 0 fully saturated rings. The molecule has 3 rings (SSSR count). The predicted molar refractivity (Wildman–Crippen MR) is 82.0 cm³/mol. The zero-order chi connectivity index (χ0) is 14.1. The fraction of sp³-hybridized carbons (Fsp3) is 0.0667. The van der Waals surface area contributed by atoms with Gasteiger partial charge < -0.3 is 10.3 Å². The minimum absolute atomic E-state index is 0.492. The summed E-state index contributed by atoms with van der Waals surface area (Å²) in [6.45, 7) is 2.02. The van der Waals surface area contributed by atoms with E-state index in [-0.39, 0.29) is 0 Å². The molecule has 0 radical (unpaired) electrons. The van der Waals surface area contributed by atoms with Crippen molar-refractivity contribution in [3.63, 3.8) is 0 Å². The van der Waals surface area contributed by atoms with Crippen LogP contribution in [0.3, 0.4) is 0 Å². The van der Waals surface area contributed by atoms with E-state index in [1.807, 2.05) is 49.4 Å². The van der Waals surface area contributed by atoms with Gasteiger partial charge in [-0.25, -0.2) is 0 Å². The van der Waals surface area contributed by atoms with E-state index in [0.29, 0.717) is 17.4 Å². The Kier molecular flexibility index (Phi) is 3.28. The van der Waals surface area contributed by atoms with Crippen molar-refractivity contribution in [2.75, 3.05) is 5.73 Å². The van der Waals surface area contributed by atoms with Crippen molar-refractivity contribution in [3.8, 4) is 22.8 Å². The van der Waals surface area contributed by atoms with E-state index in [1.165, 1.54) is 0 Å². The first-order valence-corrected chi connectivity index (χ1v) is 6.88. The Balaban J connectivity index is 2.02. The highest BCUT2D eigenvalue weighted by Gasteiger charge is 2.11. The van der Waals surface area contributed by atoms with Crippen LogP contribution in [0, 0.1) is 6.92 Å². The fourth-order valence-electron chi connectivity index (χ4n) is 2.00. The molecule has 0 aliphatic carbocycles. The molecule has 100 valence electrons. The van der Waals surface area contributed by atoms with Gasteiger partial charge in [-0.3, -0.25) is 0 Å². The van der Waals surface area contributed by atoms with Crippen LogP contribution >= 0.6 is 15.9 Å². The molecule has 4 nitrogen and oxygen atoms in total. The monoisotopic (exact) mass is 329 g/mol. The lowest BCUT2D eigenvalue weighted by molar-refractivity contribution is 0.432. The highest BCUT2D eigenvalue weighted by molar-refractivity contribution is 9.10. The number of nitrogens with zero attached hydrogens (tertiary/aromatic N) is 2. The second-order valence-electron chi connectivity index (χ2n) is 4.57. The molecule has 0 amide bonds. The number of aromatic nitrogens is 2. The zero-order valence-corrected chi connectivity index (χ0v) is 12.4. The molecule has 3 aromatic rings. The summed E-state index contributed by atoms with van der Waals surface area (Å²) in [5, 5.41) is 4.01. The number of nitrogen functional groups attached to an aromatic ring is 1. The van der Waals surface area contributed by atoms with Gasteiger partial charge in [0.25, 0.3) is 5.89 Å². The molecule has 5 heteroatoms. The molecule has 20 heavy (non-hydrogen) atoms. The molecule has 2 aromatic carbocycles. The quantitative estimate of drug-likeness (QED) is 0.720. The molecule has 2 N–H and O–H groups in total. The van der Waals surface area contributed by atoms with Gasteiger partial charge in [0.05, 0.1) is 0 Å². The van der Waals surface area contributed by atoms with Gasteiger partial charge in [0.1, 0.15) is 0 Å². The van der Waals surface area contributed by atoms with Crippen molar-refractivity contribution in [1.82, 2.24) is 10.1 Å². The number of anilines is 1. The second kappa shape index (κ2) is 5.09. The smallest absolute Gasteiger partial charge is 0.258 e. The highest BCUT2D eigenvalue weighted by Crippen LogP contribution is 2.26. The molecule has 0 unspecified atom stereocenters. The molecule has 0 aliphatic rings. The van der Waals surface area contributed by atoms with Crippen LogP contribution in [0.15, 0.2) is 51.5 Å². The van der Waals surface area contributed by atoms with Gasteiger partial charge in [0.15, 0.2) is 0 Å². The van der Waals surface area contributed by atoms with Gasteiger partial charge in [-0.1, -0.05) is 33.2 Å². The van der Waals surface area contributed by atoms with Crippen molar-refractivity contribution < 1.29 is 4.52 Å². The van der Waals surface area contributed by atoms with E-state index >= 15 is 0 Å². The molecule has 1 aromatic heterocycles. The Morgan fingerprint density at radius 1 is 1.10 bits per heavy atom. The van der Waals surface area contributed by atoms with Gasteiger partial charge in [0.2, 0.25) is 5.82 Å². The molecule has 0 atom stereocenters. The van der Waals surface area contributed by atoms with E-state index in [4.69, 9.17) is 10.3 Å². The van der Waals surface area contributed by atoms with Crippen molar-refractivity contribution >= 4 is 21.6 Å². The first kappa shape index (κ1) is 12.9. The Morgan fingerprint density at radius 2 is 1.95 bits per heavy atom. The minimum Gasteiger partial charge on any atom is -0.399 e. The summed E-state index contributed by atoms with van der Waals surface area (Å²) in [6, 6.07) is 13.4. The summed E-state index contributed by atoms with van der Waals surface area (Å²) in [4.78, 5) is 4.42. The molecule has 0 spiro atoms. The SMILES string of the molecule is Cc1cc(Br)cc(-c2nc(-c3cccc(N)c3)no2)c1. The maximum absolute atomic E-state index is 5.76. The van der Waals surface area contributed by atoms with E-state index in [9.17, 15) is 0 Å². The molecule has 1 heterocycles. The number of aryl methyl sites for hydroxylation is 1. The first-order valence-electron chi connectivity index (χ1n) is 6.09. The number of nitrogens with two attached hydrogens (primary N) is 1. The molecular weight excluding hydrogens is 318 g/mol. The van der Waals surface area contributed by atoms with E-state index in [1.54, 1.807) is 0 Å². The third-order valence-electron chi connectivity index (χ3n) is 2.86. The molecular formula is C15H12BrN3O. The van der Waals surface area contributed by atoms with Crippen LogP contribution in [0.5, 0.6) is 0 Å². The lowest BCUT2D eigenvalue weighted by atomic mass is 10.1. The van der Waals surface area contributed by atoms with Crippen molar-refractivity contribution in [3.05, 3.63) is 52.5 Å². The summed E-state index contributed by atoms with van der Waals surface area (Å²) in [7, 11) is 0. The summed E-state index contributed by atoms with van der Waals surface area (Å²) < 4.78 is 6.31. The number of rotatable bonds is 2. The second-order valence-corrected chi connectivity index (χ2v) is 5.48. The summed E-state index contributed by atoms with van der Waals surface area (Å²) in [6.07, 6.45) is 0. The topological polar surface area (TPSA) is 64.9 Å². The Labute approximate surface area is 124 Å². The van der Waals surface area contributed by atoms with Crippen molar-refractivity contribution in [1.29, 1.82) is 0 Å². The number of halogens is 1. The Hall–Kier alpha value is -2.14. The third-order valence-corrected chi connectivity index (χ3v) is 3.32. The van der Waals surface area contributed by atoms with Gasteiger partial charge in [0, 0.05) is 21.3 Å². The van der Waals surface area contributed by atoms with Crippen LogP contribution in [0.1, 0.15) is 5.56 Å². The van der Waals surface area contributed by atoms with Gasteiger partial charge in [-0.05, 0) is 42.8 Å². The standard InChI is InChI=1S/C15H12BrN3O/c1-9-5-11(7-12(16)6-9)15-18-14(19-20-15)10-3-2-4-13(17)8-10/h2-8H,17H2,1H3. The van der Waals surface area contributed by atoms with Gasteiger partial charge >= 0.3 is 0 Å². The largest absolute Gasteiger partial charge is 0.399 e. The lowest BCUT2D eigenvalue weighted by Crippen LogP contribution is -1.86. The summed E-state index contributed by atoms with van der Waals surface area (Å²) in [5.74, 6) is 1.02. The average molecular weight is 330 g/mol.